The number of hydrogen-bond acceptors (Lipinski definition) is 0. The van der Waals surface area contributed by atoms with Gasteiger partial charge in [0.25, 0.3) is 0 Å². The third-order valence-corrected chi connectivity index (χ3v) is 119. The van der Waals surface area contributed by atoms with E-state index in [1.165, 1.54) is 38.5 Å². The summed E-state index contributed by atoms with van der Waals surface area (Å²) in [4.78, 5) is 0. The van der Waals surface area contributed by atoms with Gasteiger partial charge in [-0.05, 0) is 0 Å². The van der Waals surface area contributed by atoms with Crippen LogP contribution in [0.25, 0.3) is 0 Å². The van der Waals surface area contributed by atoms with Crippen LogP contribution in [0.1, 0.15) is 80.1 Å². The molecule has 0 bridgehead atoms. The fourth-order valence-electron chi connectivity index (χ4n) is 4.25. The number of hydrogen-bond donors (Lipinski definition) is 0. The first-order valence-corrected chi connectivity index (χ1v) is 32.5. The minimum absolute atomic E-state index is 0.434. The second-order valence-corrected chi connectivity index (χ2v) is 67.3. The van der Waals surface area contributed by atoms with Crippen molar-refractivity contribution in [3.05, 3.63) is 0 Å². The summed E-state index contributed by atoms with van der Waals surface area (Å²) in [6.07, 6.45) is 9.04. The molecule has 0 spiro atoms. The van der Waals surface area contributed by atoms with Crippen LogP contribution in [0.4, 0.5) is 0 Å². The summed E-state index contributed by atoms with van der Waals surface area (Å²) in [6, 6.07) is 0. The van der Waals surface area contributed by atoms with E-state index in [0.29, 0.717) is 16.2 Å². The Kier molecular flexibility index (Phi) is 14.4. The van der Waals surface area contributed by atoms with E-state index in [0.717, 1.165) is 0 Å². The average Bonchev–Trinajstić information content (AvgIpc) is 2.40. The Labute approximate surface area is 146 Å². The molecule has 0 atom stereocenters. The van der Waals surface area contributed by atoms with Crippen LogP contribution in [0.3, 0.4) is 0 Å². The summed E-state index contributed by atoms with van der Waals surface area (Å²) in [5.41, 5.74) is 0. The molecular weight excluding hydrogens is 489 g/mol. The first-order valence-electron chi connectivity index (χ1n) is 9.77. The Morgan fingerprint density at radius 1 is 0.429 bits per heavy atom. The third kappa shape index (κ3) is 8.50. The SMILES string of the molecule is CC[CH2][Ge]([CH2]CC)([CH2]CC)[Te+][Ge]([CH2]CC)([CH2]CC)[CH2]CC. The molecule has 1 radical (unpaired) electrons. The predicted molar refractivity (Wildman–Crippen MR) is 108 cm³/mol. The average molecular weight is 531 g/mol. The van der Waals surface area contributed by atoms with Gasteiger partial charge in [0.15, 0.2) is 0 Å². The summed E-state index contributed by atoms with van der Waals surface area (Å²) in [7, 11) is -2.83. The van der Waals surface area contributed by atoms with Crippen LogP contribution in [-0.2, 0) is 0 Å². The van der Waals surface area contributed by atoms with Gasteiger partial charge in [0.2, 0.25) is 0 Å². The van der Waals surface area contributed by atoms with Crippen LogP contribution < -0.4 is 0 Å². The summed E-state index contributed by atoms with van der Waals surface area (Å²) in [6.45, 7) is 14.9. The van der Waals surface area contributed by atoms with Crippen molar-refractivity contribution in [1.82, 2.24) is 0 Å². The van der Waals surface area contributed by atoms with Gasteiger partial charge >= 0.3 is 148 Å². The zero-order valence-electron chi connectivity index (χ0n) is 15.9. The van der Waals surface area contributed by atoms with E-state index in [1.807, 2.05) is 0 Å². The second-order valence-electron chi connectivity index (χ2n) is 6.97. The summed E-state index contributed by atoms with van der Waals surface area (Å²) in [5.74, 6) is 0. The van der Waals surface area contributed by atoms with E-state index in [2.05, 4.69) is 41.5 Å². The maximum absolute atomic E-state index is 2.48. The predicted octanol–water partition coefficient (Wildman–Crippen LogP) is 7.04. The molecule has 21 heavy (non-hydrogen) atoms. The van der Waals surface area contributed by atoms with Crippen molar-refractivity contribution < 1.29 is 0 Å². The van der Waals surface area contributed by atoms with Crippen molar-refractivity contribution in [2.24, 2.45) is 0 Å². The topological polar surface area (TPSA) is 0 Å². The van der Waals surface area contributed by atoms with Crippen molar-refractivity contribution in [2.45, 2.75) is 112 Å². The van der Waals surface area contributed by atoms with Gasteiger partial charge in [-0.1, -0.05) is 0 Å². The molecule has 0 aromatic carbocycles. The quantitative estimate of drug-likeness (QED) is 0.211. The van der Waals surface area contributed by atoms with Gasteiger partial charge in [-0.25, -0.2) is 0 Å². The molecular formula is C18H42Ge2Te+. The Hall–Kier alpha value is 1.88. The number of rotatable bonds is 14. The molecule has 0 N–H and O–H groups in total. The molecule has 0 aliphatic carbocycles. The van der Waals surface area contributed by atoms with Crippen LogP contribution in [-0.4, -0.2) is 36.3 Å². The first-order chi connectivity index (χ1) is 10.1. The van der Waals surface area contributed by atoms with E-state index in [1.54, 1.807) is 31.5 Å². The fraction of sp³-hybridized carbons (Fsp3) is 1.00. The van der Waals surface area contributed by atoms with Crippen molar-refractivity contribution in [2.75, 3.05) is 0 Å². The molecule has 0 unspecified atom stereocenters. The van der Waals surface area contributed by atoms with E-state index in [4.69, 9.17) is 0 Å². The van der Waals surface area contributed by atoms with Gasteiger partial charge in [-0.3, -0.25) is 0 Å². The Balaban J connectivity index is 5.30. The van der Waals surface area contributed by atoms with Crippen LogP contribution in [0, 0.1) is 0 Å². The molecule has 0 saturated heterocycles. The van der Waals surface area contributed by atoms with Crippen molar-refractivity contribution in [1.29, 1.82) is 0 Å². The van der Waals surface area contributed by atoms with Gasteiger partial charge in [0.1, 0.15) is 0 Å². The van der Waals surface area contributed by atoms with Crippen LogP contribution >= 0.6 is 0 Å². The Morgan fingerprint density at radius 2 is 0.619 bits per heavy atom. The molecule has 0 nitrogen and oxygen atoms in total. The van der Waals surface area contributed by atoms with Crippen molar-refractivity contribution in [3.63, 3.8) is 0 Å². The molecule has 3 heteroatoms. The second kappa shape index (κ2) is 13.2. The van der Waals surface area contributed by atoms with E-state index in [-0.39, 0.29) is 0 Å². The third-order valence-electron chi connectivity index (χ3n) is 4.67. The Morgan fingerprint density at radius 3 is 0.762 bits per heavy atom. The zero-order chi connectivity index (χ0) is 16.2. The molecule has 127 valence electrons. The van der Waals surface area contributed by atoms with Crippen molar-refractivity contribution >= 4 is 36.3 Å². The van der Waals surface area contributed by atoms with Crippen LogP contribution in [0.5, 0.6) is 0 Å². The van der Waals surface area contributed by atoms with E-state index < -0.39 is 20.0 Å². The van der Waals surface area contributed by atoms with Gasteiger partial charge in [-0.15, -0.1) is 0 Å². The molecule has 0 heterocycles. The maximum atomic E-state index is 2.48. The minimum atomic E-state index is -1.42. The van der Waals surface area contributed by atoms with E-state index >= 15 is 0 Å². The molecule has 0 aromatic rings. The van der Waals surface area contributed by atoms with Gasteiger partial charge < -0.3 is 0 Å². The molecule has 0 fully saturated rings. The molecule has 0 aliphatic heterocycles. The fourth-order valence-corrected chi connectivity index (χ4v) is 175. The summed E-state index contributed by atoms with van der Waals surface area (Å²) >= 11 is 0.434. The Bertz CT molecular complexity index is 185. The summed E-state index contributed by atoms with van der Waals surface area (Å²) in [5, 5.41) is 10.5. The summed E-state index contributed by atoms with van der Waals surface area (Å²) < 4.78 is 0. The van der Waals surface area contributed by atoms with Crippen LogP contribution in [0.2, 0.25) is 31.5 Å². The molecule has 0 aliphatic rings. The van der Waals surface area contributed by atoms with E-state index in [9.17, 15) is 0 Å². The normalized spacial score (nSPS) is 12.9. The zero-order valence-corrected chi connectivity index (χ0v) is 22.4. The molecule has 0 saturated carbocycles. The van der Waals surface area contributed by atoms with Crippen molar-refractivity contribution in [3.8, 4) is 0 Å². The van der Waals surface area contributed by atoms with Gasteiger partial charge in [0, 0.05) is 0 Å². The van der Waals surface area contributed by atoms with Crippen LogP contribution in [0.15, 0.2) is 0 Å². The monoisotopic (exact) mass is 536 g/mol. The first kappa shape index (κ1) is 22.9. The van der Waals surface area contributed by atoms with Gasteiger partial charge in [-0.2, -0.15) is 0 Å². The molecule has 0 aromatic heterocycles. The standard InChI is InChI=1S/C18H42Ge2Te/c1-7-13-19(14-8-2,15-9-3)21-20(16-10-4,17-11-5)18-12-6/h7-18H2,1-6H3/q+1. The molecule has 0 amide bonds. The molecule has 0 rings (SSSR count). The van der Waals surface area contributed by atoms with Gasteiger partial charge in [0.05, 0.1) is 0 Å².